The Morgan fingerprint density at radius 1 is 1.14 bits per heavy atom. The van der Waals surface area contributed by atoms with Gasteiger partial charge in [-0.3, -0.25) is 14.4 Å². The number of anilines is 1. The van der Waals surface area contributed by atoms with Crippen molar-refractivity contribution in [1.82, 2.24) is 9.88 Å². The van der Waals surface area contributed by atoms with Crippen LogP contribution in [0, 0.1) is 19.8 Å². The summed E-state index contributed by atoms with van der Waals surface area (Å²) >= 11 is 0. The lowest BCUT2D eigenvalue weighted by atomic mass is 9.97. The molecule has 0 aliphatic heterocycles. The summed E-state index contributed by atoms with van der Waals surface area (Å²) in [5.74, 6) is 0.526. The molecule has 0 aliphatic rings. The largest absolute Gasteiger partial charge is 0.456 e. The maximum atomic E-state index is 12.9. The van der Waals surface area contributed by atoms with E-state index in [1.165, 1.54) is 10.6 Å². The summed E-state index contributed by atoms with van der Waals surface area (Å²) in [4.78, 5) is 37.2. The Morgan fingerprint density at radius 2 is 1.83 bits per heavy atom. The van der Waals surface area contributed by atoms with Gasteiger partial charge in [-0.25, -0.2) is 0 Å². The quantitative estimate of drug-likeness (QED) is 0.420. The van der Waals surface area contributed by atoms with Gasteiger partial charge in [-0.05, 0) is 68.7 Å². The molecular weight excluding hydrogens is 454 g/mol. The first kappa shape index (κ1) is 26.5. The lowest BCUT2D eigenvalue weighted by Crippen LogP contribution is -2.32. The number of ether oxygens (including phenoxy) is 1. The highest BCUT2D eigenvalue weighted by Gasteiger charge is 2.18. The van der Waals surface area contributed by atoms with Gasteiger partial charge in [0.2, 0.25) is 11.8 Å². The van der Waals surface area contributed by atoms with Crippen molar-refractivity contribution in [3.05, 3.63) is 88.4 Å². The minimum atomic E-state index is -0.364. The number of para-hydroxylation sites is 1. The second kappa shape index (κ2) is 11.5. The van der Waals surface area contributed by atoms with Crippen LogP contribution in [0.2, 0.25) is 0 Å². The number of pyridine rings is 1. The molecule has 1 heterocycles. The molecule has 1 atom stereocenters. The Bertz CT molecular complexity index is 1340. The molecular formula is C29H33N3O4. The lowest BCUT2D eigenvalue weighted by molar-refractivity contribution is -0.124. The van der Waals surface area contributed by atoms with Crippen LogP contribution in [0.5, 0.6) is 11.5 Å². The molecule has 1 aromatic heterocycles. The van der Waals surface area contributed by atoms with Gasteiger partial charge in [0.05, 0.1) is 0 Å². The molecule has 0 saturated carbocycles. The molecule has 0 unspecified atom stereocenters. The highest BCUT2D eigenvalue weighted by atomic mass is 16.5. The van der Waals surface area contributed by atoms with Crippen molar-refractivity contribution in [2.24, 2.45) is 13.0 Å². The van der Waals surface area contributed by atoms with Gasteiger partial charge in [-0.15, -0.1) is 0 Å². The molecule has 7 nitrogen and oxygen atoms in total. The van der Waals surface area contributed by atoms with Gasteiger partial charge in [-0.1, -0.05) is 31.7 Å². The summed E-state index contributed by atoms with van der Waals surface area (Å²) < 4.78 is 7.90. The standard InChI is InChI=1S/C29H33N3O4/c1-7-26(33)31-23-12-13-25(36-27-18(3)10-9-11-19(27)4)24(16-23)22-15-21(29(35)32(6)17-22)14-20(5)28(34)30-8-2/h7,9-13,15-17,20H,1,8,14H2,2-6H3,(H,30,34)(H,31,33)/t20-/m0/s1. The predicted octanol–water partition coefficient (Wildman–Crippen LogP) is 4.90. The van der Waals surface area contributed by atoms with E-state index in [2.05, 4.69) is 17.2 Å². The van der Waals surface area contributed by atoms with Gasteiger partial charge in [-0.2, -0.15) is 0 Å². The second-order valence-corrected chi connectivity index (χ2v) is 8.90. The number of amides is 2. The van der Waals surface area contributed by atoms with E-state index in [-0.39, 0.29) is 23.3 Å². The summed E-state index contributed by atoms with van der Waals surface area (Å²) in [6, 6.07) is 13.1. The number of rotatable bonds is 9. The normalized spacial score (nSPS) is 11.5. The zero-order valence-electron chi connectivity index (χ0n) is 21.5. The summed E-state index contributed by atoms with van der Waals surface area (Å²) in [7, 11) is 1.68. The van der Waals surface area contributed by atoms with Gasteiger partial charge in [0.25, 0.3) is 5.56 Å². The number of nitrogens with zero attached hydrogens (tertiary/aromatic N) is 1. The van der Waals surface area contributed by atoms with Crippen molar-refractivity contribution in [2.45, 2.75) is 34.1 Å². The molecule has 2 N–H and O–H groups in total. The molecule has 0 radical (unpaired) electrons. The fraction of sp³-hybridized carbons (Fsp3) is 0.276. The first-order valence-corrected chi connectivity index (χ1v) is 11.9. The smallest absolute Gasteiger partial charge is 0.253 e. The summed E-state index contributed by atoms with van der Waals surface area (Å²) in [6.07, 6.45) is 3.23. The Hall–Kier alpha value is -4.13. The van der Waals surface area contributed by atoms with Gasteiger partial charge in [0, 0.05) is 48.1 Å². The topological polar surface area (TPSA) is 89.4 Å². The van der Waals surface area contributed by atoms with Crippen molar-refractivity contribution in [1.29, 1.82) is 0 Å². The monoisotopic (exact) mass is 487 g/mol. The first-order valence-electron chi connectivity index (χ1n) is 11.9. The third-order valence-electron chi connectivity index (χ3n) is 5.95. The molecule has 7 heteroatoms. The van der Waals surface area contributed by atoms with Crippen LogP contribution in [0.4, 0.5) is 5.69 Å². The molecule has 2 amide bonds. The fourth-order valence-corrected chi connectivity index (χ4v) is 4.03. The molecule has 0 spiro atoms. The van der Waals surface area contributed by atoms with E-state index < -0.39 is 0 Å². The zero-order valence-corrected chi connectivity index (χ0v) is 21.5. The molecule has 3 rings (SSSR count). The maximum Gasteiger partial charge on any atom is 0.253 e. The van der Waals surface area contributed by atoms with Crippen molar-refractivity contribution >= 4 is 17.5 Å². The highest BCUT2D eigenvalue weighted by molar-refractivity contribution is 5.99. The number of hydrogen-bond acceptors (Lipinski definition) is 4. The first-order chi connectivity index (χ1) is 17.1. The minimum absolute atomic E-state index is 0.0989. The molecule has 3 aromatic rings. The van der Waals surface area contributed by atoms with E-state index in [0.717, 1.165) is 22.4 Å². The number of aromatic nitrogens is 1. The molecule has 0 bridgehead atoms. The number of hydrogen-bond donors (Lipinski definition) is 2. The van der Waals surface area contributed by atoms with E-state index >= 15 is 0 Å². The van der Waals surface area contributed by atoms with Crippen LogP contribution < -0.4 is 20.9 Å². The average Bonchev–Trinajstić information content (AvgIpc) is 2.84. The van der Waals surface area contributed by atoms with E-state index in [4.69, 9.17) is 4.74 Å². The van der Waals surface area contributed by atoms with Crippen molar-refractivity contribution < 1.29 is 14.3 Å². The van der Waals surface area contributed by atoms with Crippen LogP contribution in [0.1, 0.15) is 30.5 Å². The SMILES string of the molecule is C=CC(=O)Nc1ccc(Oc2c(C)cccc2C)c(-c2cc(C[C@H](C)C(=O)NCC)c(=O)n(C)c2)c1. The van der Waals surface area contributed by atoms with Gasteiger partial charge in [0.15, 0.2) is 0 Å². The Labute approximate surface area is 211 Å². The van der Waals surface area contributed by atoms with Crippen LogP contribution in [0.25, 0.3) is 11.1 Å². The number of benzene rings is 2. The van der Waals surface area contributed by atoms with Crippen LogP contribution in [-0.2, 0) is 23.1 Å². The van der Waals surface area contributed by atoms with Crippen LogP contribution in [-0.4, -0.2) is 22.9 Å². The maximum absolute atomic E-state index is 12.9. The number of aryl methyl sites for hydroxylation is 3. The van der Waals surface area contributed by atoms with Crippen LogP contribution in [0.15, 0.2) is 66.1 Å². The van der Waals surface area contributed by atoms with E-state index in [1.54, 1.807) is 44.4 Å². The highest BCUT2D eigenvalue weighted by Crippen LogP contribution is 2.38. The predicted molar refractivity (Wildman–Crippen MR) is 143 cm³/mol. The number of nitrogens with one attached hydrogen (secondary N) is 2. The minimum Gasteiger partial charge on any atom is -0.456 e. The van der Waals surface area contributed by atoms with Crippen molar-refractivity contribution in [3.63, 3.8) is 0 Å². The molecule has 0 fully saturated rings. The molecule has 0 aliphatic carbocycles. The summed E-state index contributed by atoms with van der Waals surface area (Å²) in [5, 5.41) is 5.59. The van der Waals surface area contributed by atoms with Gasteiger partial charge in [0.1, 0.15) is 11.5 Å². The average molecular weight is 488 g/mol. The molecule has 2 aromatic carbocycles. The third kappa shape index (κ3) is 6.10. The van der Waals surface area contributed by atoms with E-state index in [9.17, 15) is 14.4 Å². The van der Waals surface area contributed by atoms with Crippen LogP contribution in [0.3, 0.4) is 0 Å². The van der Waals surface area contributed by atoms with Gasteiger partial charge < -0.3 is 19.9 Å². The Balaban J connectivity index is 2.13. The van der Waals surface area contributed by atoms with Gasteiger partial charge >= 0.3 is 0 Å². The second-order valence-electron chi connectivity index (χ2n) is 8.90. The van der Waals surface area contributed by atoms with E-state index in [1.807, 2.05) is 39.0 Å². The fourth-order valence-electron chi connectivity index (χ4n) is 4.03. The lowest BCUT2D eigenvalue weighted by Gasteiger charge is -2.18. The zero-order chi connectivity index (χ0) is 26.4. The summed E-state index contributed by atoms with van der Waals surface area (Å²) in [6.45, 7) is 11.7. The molecule has 188 valence electrons. The van der Waals surface area contributed by atoms with Crippen molar-refractivity contribution in [2.75, 3.05) is 11.9 Å². The molecule has 0 saturated heterocycles. The Kier molecular flexibility index (Phi) is 8.48. The van der Waals surface area contributed by atoms with E-state index in [0.29, 0.717) is 35.5 Å². The molecule has 36 heavy (non-hydrogen) atoms. The Morgan fingerprint density at radius 3 is 2.47 bits per heavy atom. The number of carbonyl (C=O) groups excluding carboxylic acids is 2. The number of carbonyl (C=O) groups is 2. The third-order valence-corrected chi connectivity index (χ3v) is 5.95. The summed E-state index contributed by atoms with van der Waals surface area (Å²) in [5.41, 5.74) is 4.32. The van der Waals surface area contributed by atoms with Crippen LogP contribution >= 0.6 is 0 Å². The van der Waals surface area contributed by atoms with Crippen molar-refractivity contribution in [3.8, 4) is 22.6 Å².